The third-order valence-electron chi connectivity index (χ3n) is 9.90. The average molecular weight is 769 g/mol. The fraction of sp³-hybridized carbons (Fsp3) is 0.474. The van der Waals surface area contributed by atoms with Crippen LogP contribution in [-0.2, 0) is 30.7 Å². The SMILES string of the molecule is COc1ccc(N(CCC(C)(C)CN(C[C@@H](O)[C@H](Cc2ccccc2)NC(=O)O[C@H]2CO[C@H]3OCC[C@H]32)S(=O)(=O)c2ccc3c(c2)OCO3)C(=O)[O-])cc1. The summed E-state index contributed by atoms with van der Waals surface area (Å²) in [5.41, 5.74) is 0.322. The Morgan fingerprint density at radius 2 is 1.78 bits per heavy atom. The lowest BCUT2D eigenvalue weighted by Crippen LogP contribution is -2.52. The number of rotatable bonds is 16. The minimum absolute atomic E-state index is 0.00999. The number of carbonyl (C=O) groups excluding carboxylic acids is 2. The third kappa shape index (κ3) is 9.36. The van der Waals surface area contributed by atoms with E-state index in [1.54, 1.807) is 24.3 Å². The molecule has 16 heteroatoms. The first-order chi connectivity index (χ1) is 25.8. The zero-order valence-electron chi connectivity index (χ0n) is 30.4. The Hall–Kier alpha value is -4.61. The first-order valence-corrected chi connectivity index (χ1v) is 19.2. The van der Waals surface area contributed by atoms with E-state index >= 15 is 0 Å². The van der Waals surface area contributed by atoms with Crippen molar-refractivity contribution in [1.29, 1.82) is 0 Å². The first kappa shape index (κ1) is 39.1. The van der Waals surface area contributed by atoms with E-state index in [0.717, 1.165) is 14.8 Å². The largest absolute Gasteiger partial charge is 0.530 e. The van der Waals surface area contributed by atoms with Crippen molar-refractivity contribution in [2.45, 2.75) is 62.5 Å². The summed E-state index contributed by atoms with van der Waals surface area (Å²) in [6.07, 6.45) is -3.52. The maximum absolute atomic E-state index is 14.5. The van der Waals surface area contributed by atoms with E-state index in [4.69, 9.17) is 28.4 Å². The number of aliphatic hydroxyl groups excluding tert-OH is 1. The van der Waals surface area contributed by atoms with E-state index in [0.29, 0.717) is 30.2 Å². The van der Waals surface area contributed by atoms with Crippen LogP contribution in [0.15, 0.2) is 77.7 Å². The number of aliphatic hydroxyl groups is 1. The smallest absolute Gasteiger partial charge is 0.407 e. The molecular weight excluding hydrogens is 722 g/mol. The van der Waals surface area contributed by atoms with Gasteiger partial charge in [-0.1, -0.05) is 44.2 Å². The highest BCUT2D eigenvalue weighted by Crippen LogP contribution is 2.36. The number of nitrogens with one attached hydrogen (secondary N) is 1. The summed E-state index contributed by atoms with van der Waals surface area (Å²) < 4.78 is 63.0. The van der Waals surface area contributed by atoms with Gasteiger partial charge in [-0.3, -0.25) is 0 Å². The molecule has 0 spiro atoms. The molecular formula is C38H46N3O12S-. The Labute approximate surface area is 314 Å². The van der Waals surface area contributed by atoms with Crippen molar-refractivity contribution in [3.8, 4) is 17.2 Å². The zero-order chi connectivity index (χ0) is 38.5. The van der Waals surface area contributed by atoms with Gasteiger partial charge in [0.15, 0.2) is 17.8 Å². The molecule has 0 aliphatic carbocycles. The molecule has 0 bridgehead atoms. The Balaban J connectivity index is 1.24. The third-order valence-corrected chi connectivity index (χ3v) is 11.7. The Bertz CT molecular complexity index is 1860. The highest BCUT2D eigenvalue weighted by Gasteiger charge is 2.44. The van der Waals surface area contributed by atoms with Gasteiger partial charge in [-0.25, -0.2) is 13.2 Å². The summed E-state index contributed by atoms with van der Waals surface area (Å²) in [5.74, 6) is 1.11. The number of anilines is 1. The second-order valence-corrected chi connectivity index (χ2v) is 16.3. The van der Waals surface area contributed by atoms with Gasteiger partial charge in [0.2, 0.25) is 16.8 Å². The Morgan fingerprint density at radius 3 is 2.50 bits per heavy atom. The maximum Gasteiger partial charge on any atom is 0.407 e. The van der Waals surface area contributed by atoms with E-state index in [9.17, 15) is 28.2 Å². The highest BCUT2D eigenvalue weighted by atomic mass is 32.2. The monoisotopic (exact) mass is 768 g/mol. The number of methoxy groups -OCH3 is 1. The van der Waals surface area contributed by atoms with Gasteiger partial charge in [0.05, 0.1) is 43.3 Å². The molecule has 292 valence electrons. The lowest BCUT2D eigenvalue weighted by molar-refractivity contribution is -0.246. The van der Waals surface area contributed by atoms with Crippen molar-refractivity contribution in [3.05, 3.63) is 78.4 Å². The lowest BCUT2D eigenvalue weighted by Gasteiger charge is -2.36. The van der Waals surface area contributed by atoms with E-state index in [-0.39, 0.29) is 55.9 Å². The minimum atomic E-state index is -4.32. The number of carbonyl (C=O) groups is 2. The minimum Gasteiger partial charge on any atom is -0.530 e. The van der Waals surface area contributed by atoms with Crippen molar-refractivity contribution in [1.82, 2.24) is 9.62 Å². The van der Waals surface area contributed by atoms with Gasteiger partial charge in [0, 0.05) is 31.4 Å². The second-order valence-electron chi connectivity index (χ2n) is 14.3. The quantitative estimate of drug-likeness (QED) is 0.217. The van der Waals surface area contributed by atoms with Crippen LogP contribution in [0.3, 0.4) is 0 Å². The van der Waals surface area contributed by atoms with E-state index in [1.807, 2.05) is 44.2 Å². The predicted molar refractivity (Wildman–Crippen MR) is 193 cm³/mol. The highest BCUT2D eigenvalue weighted by molar-refractivity contribution is 7.89. The molecule has 6 rings (SSSR count). The molecule has 0 radical (unpaired) electrons. The molecule has 2 amide bonds. The van der Waals surface area contributed by atoms with Crippen LogP contribution in [0.5, 0.6) is 17.2 Å². The van der Waals surface area contributed by atoms with Gasteiger partial charge in [0.1, 0.15) is 17.9 Å². The van der Waals surface area contributed by atoms with Crippen LogP contribution in [0, 0.1) is 11.3 Å². The molecule has 2 N–H and O–H groups in total. The number of amides is 2. The van der Waals surface area contributed by atoms with Crippen molar-refractivity contribution >= 4 is 27.9 Å². The van der Waals surface area contributed by atoms with E-state index in [2.05, 4.69) is 5.32 Å². The molecule has 3 aliphatic heterocycles. The Morgan fingerprint density at radius 1 is 1.04 bits per heavy atom. The number of sulfonamides is 1. The average Bonchev–Trinajstić information content (AvgIpc) is 3.90. The van der Waals surface area contributed by atoms with Crippen molar-refractivity contribution in [3.63, 3.8) is 0 Å². The van der Waals surface area contributed by atoms with Gasteiger partial charge < -0.3 is 53.6 Å². The summed E-state index contributed by atoms with van der Waals surface area (Å²) in [6, 6.07) is 18.9. The summed E-state index contributed by atoms with van der Waals surface area (Å²) in [7, 11) is -2.82. The molecule has 2 saturated heterocycles. The van der Waals surface area contributed by atoms with Crippen LogP contribution in [0.2, 0.25) is 0 Å². The zero-order valence-corrected chi connectivity index (χ0v) is 31.2. The number of hydrogen-bond acceptors (Lipinski definition) is 12. The predicted octanol–water partition coefficient (Wildman–Crippen LogP) is 3.14. The van der Waals surface area contributed by atoms with Gasteiger partial charge in [-0.05, 0) is 66.6 Å². The van der Waals surface area contributed by atoms with Crippen molar-refractivity contribution in [2.75, 3.05) is 51.7 Å². The molecule has 3 aliphatic rings. The van der Waals surface area contributed by atoms with Crippen LogP contribution in [-0.4, -0.2) is 101 Å². The fourth-order valence-corrected chi connectivity index (χ4v) is 8.51. The number of nitrogens with zero attached hydrogens (tertiary/aromatic N) is 2. The molecule has 15 nitrogen and oxygen atoms in total. The molecule has 0 unspecified atom stereocenters. The molecule has 0 aromatic heterocycles. The molecule has 2 fully saturated rings. The van der Waals surface area contributed by atoms with Crippen LogP contribution >= 0.6 is 0 Å². The van der Waals surface area contributed by atoms with Crippen molar-refractivity contribution in [2.24, 2.45) is 11.3 Å². The Kier molecular flexibility index (Phi) is 12.2. The molecule has 0 saturated carbocycles. The van der Waals surface area contributed by atoms with Crippen LogP contribution in [0.25, 0.3) is 0 Å². The molecule has 54 heavy (non-hydrogen) atoms. The van der Waals surface area contributed by atoms with Gasteiger partial charge >= 0.3 is 6.09 Å². The van der Waals surface area contributed by atoms with Crippen LogP contribution < -0.4 is 29.5 Å². The fourth-order valence-electron chi connectivity index (χ4n) is 6.85. The van der Waals surface area contributed by atoms with Gasteiger partial charge in [-0.15, -0.1) is 0 Å². The number of alkyl carbamates (subject to hydrolysis) is 1. The van der Waals surface area contributed by atoms with Gasteiger partial charge in [0.25, 0.3) is 0 Å². The first-order valence-electron chi connectivity index (χ1n) is 17.8. The van der Waals surface area contributed by atoms with Crippen LogP contribution in [0.1, 0.15) is 32.3 Å². The number of fused-ring (bicyclic) bond motifs is 2. The second kappa shape index (κ2) is 16.8. The van der Waals surface area contributed by atoms with E-state index < -0.39 is 58.7 Å². The lowest BCUT2D eigenvalue weighted by atomic mass is 9.88. The van der Waals surface area contributed by atoms with E-state index in [1.165, 1.54) is 25.3 Å². The number of carboxylic acid groups (broad SMARTS) is 1. The van der Waals surface area contributed by atoms with Gasteiger partial charge in [-0.2, -0.15) is 4.31 Å². The molecule has 3 heterocycles. The standard InChI is InChI=1S/C38H47N3O12S/c1-38(2,16-17-41(37(44)45)26-9-11-27(48-3)12-10-26)23-40(54(46,47)28-13-14-32-33(20-28)52-24-51-32)21-31(42)30(19-25-7-5-4-6-8-25)39-36(43)53-34-22-50-35-29(34)15-18-49-35/h4-14,20,29-31,34-35,42H,15-19,21-24H2,1-3H3,(H,39,43)(H,44,45)/p-1/t29-,30-,31+,34-,35+/m0/s1. The normalized spacial score (nSPS) is 20.3. The molecule has 3 aromatic carbocycles. The van der Waals surface area contributed by atoms with Crippen LogP contribution in [0.4, 0.5) is 15.3 Å². The number of ether oxygens (including phenoxy) is 6. The van der Waals surface area contributed by atoms with Crippen molar-refractivity contribution < 1.29 is 56.6 Å². The number of benzene rings is 3. The summed E-state index contributed by atoms with van der Waals surface area (Å²) in [4.78, 5) is 26.5. The molecule has 3 aromatic rings. The number of hydrogen-bond donors (Lipinski definition) is 2. The summed E-state index contributed by atoms with van der Waals surface area (Å²) >= 11 is 0. The molecule has 5 atom stereocenters. The summed E-state index contributed by atoms with van der Waals surface area (Å²) in [6.45, 7) is 3.68. The maximum atomic E-state index is 14.5. The topological polar surface area (TPSA) is 185 Å². The summed E-state index contributed by atoms with van der Waals surface area (Å²) in [5, 5.41) is 26.9.